The van der Waals surface area contributed by atoms with Crippen molar-refractivity contribution in [3.8, 4) is 0 Å². The molecule has 0 fully saturated rings. The first-order valence-electron chi connectivity index (χ1n) is 5.33. The Labute approximate surface area is 99.1 Å². The fourth-order valence-electron chi connectivity index (χ4n) is 1.38. The second kappa shape index (κ2) is 6.58. The molecule has 1 rings (SSSR count). The molecule has 0 saturated carbocycles. The van der Waals surface area contributed by atoms with Crippen molar-refractivity contribution in [3.05, 3.63) is 23.3 Å². The summed E-state index contributed by atoms with van der Waals surface area (Å²) in [5.74, 6) is 0. The van der Waals surface area contributed by atoms with Crippen LogP contribution in [-0.4, -0.2) is 44.1 Å². The van der Waals surface area contributed by atoms with Gasteiger partial charge >= 0.3 is 0 Å². The van der Waals surface area contributed by atoms with E-state index in [1.807, 2.05) is 0 Å². The molecule has 1 aromatic rings. The molecular weight excluding hydrogens is 224 g/mol. The Hall–Kier alpha value is -1.12. The van der Waals surface area contributed by atoms with E-state index in [0.29, 0.717) is 17.1 Å². The van der Waals surface area contributed by atoms with Gasteiger partial charge in [-0.25, -0.2) is 0 Å². The van der Waals surface area contributed by atoms with Crippen LogP contribution in [-0.2, 0) is 19.5 Å². The Morgan fingerprint density at radius 3 is 2.35 bits per heavy atom. The van der Waals surface area contributed by atoms with E-state index in [-0.39, 0.29) is 19.5 Å². The third-order valence-corrected chi connectivity index (χ3v) is 2.42. The van der Waals surface area contributed by atoms with Gasteiger partial charge in [-0.05, 0) is 0 Å². The second-order valence-electron chi connectivity index (χ2n) is 3.68. The summed E-state index contributed by atoms with van der Waals surface area (Å²) in [6, 6.07) is 0. The largest absolute Gasteiger partial charge is 0.394 e. The SMILES string of the molecule is NCc1cnc(CC(O)C(O)CO)c(CN)n1. The molecule has 0 aliphatic carbocycles. The van der Waals surface area contributed by atoms with Gasteiger partial charge in [-0.1, -0.05) is 0 Å². The molecule has 0 radical (unpaired) electrons. The number of nitrogens with two attached hydrogens (primary N) is 2. The van der Waals surface area contributed by atoms with Gasteiger partial charge in [0.1, 0.15) is 6.10 Å². The van der Waals surface area contributed by atoms with Gasteiger partial charge in [-0.15, -0.1) is 0 Å². The van der Waals surface area contributed by atoms with E-state index in [9.17, 15) is 10.2 Å². The minimum absolute atomic E-state index is 0.0894. The van der Waals surface area contributed by atoms with Gasteiger partial charge in [0.25, 0.3) is 0 Å². The van der Waals surface area contributed by atoms with Gasteiger partial charge in [-0.2, -0.15) is 0 Å². The molecule has 7 nitrogen and oxygen atoms in total. The van der Waals surface area contributed by atoms with Crippen molar-refractivity contribution in [1.82, 2.24) is 9.97 Å². The molecule has 7 heteroatoms. The molecule has 0 bridgehead atoms. The topological polar surface area (TPSA) is 139 Å². The lowest BCUT2D eigenvalue weighted by molar-refractivity contribution is -0.0138. The normalized spacial score (nSPS) is 14.6. The quantitative estimate of drug-likeness (QED) is 0.376. The van der Waals surface area contributed by atoms with Crippen LogP contribution in [0, 0.1) is 0 Å². The first-order chi connectivity index (χ1) is 8.12. The van der Waals surface area contributed by atoms with Gasteiger partial charge in [0.15, 0.2) is 0 Å². The summed E-state index contributed by atoms with van der Waals surface area (Å²) in [7, 11) is 0. The van der Waals surface area contributed by atoms with Crippen LogP contribution >= 0.6 is 0 Å². The number of aliphatic hydroxyl groups is 3. The summed E-state index contributed by atoms with van der Waals surface area (Å²) in [5.41, 5.74) is 12.6. The fourth-order valence-corrected chi connectivity index (χ4v) is 1.38. The molecule has 0 aliphatic heterocycles. The van der Waals surface area contributed by atoms with Gasteiger partial charge in [0.2, 0.25) is 0 Å². The van der Waals surface area contributed by atoms with E-state index < -0.39 is 18.8 Å². The molecular formula is C10H18N4O3. The highest BCUT2D eigenvalue weighted by atomic mass is 16.4. The summed E-state index contributed by atoms with van der Waals surface area (Å²) in [6.45, 7) is -0.0619. The predicted molar refractivity (Wildman–Crippen MR) is 60.6 cm³/mol. The lowest BCUT2D eigenvalue weighted by Crippen LogP contribution is -2.32. The summed E-state index contributed by atoms with van der Waals surface area (Å²) in [4.78, 5) is 8.28. The Bertz CT molecular complexity index is 361. The monoisotopic (exact) mass is 242 g/mol. The molecule has 7 N–H and O–H groups in total. The van der Waals surface area contributed by atoms with Crippen molar-refractivity contribution in [2.24, 2.45) is 11.5 Å². The number of nitrogens with zero attached hydrogens (tertiary/aromatic N) is 2. The van der Waals surface area contributed by atoms with Crippen LogP contribution in [0.4, 0.5) is 0 Å². The van der Waals surface area contributed by atoms with Crippen LogP contribution < -0.4 is 11.5 Å². The first-order valence-corrected chi connectivity index (χ1v) is 5.33. The van der Waals surface area contributed by atoms with Gasteiger partial charge in [-0.3, -0.25) is 9.97 Å². The van der Waals surface area contributed by atoms with Crippen molar-refractivity contribution in [1.29, 1.82) is 0 Å². The molecule has 0 spiro atoms. The average molecular weight is 242 g/mol. The van der Waals surface area contributed by atoms with E-state index in [2.05, 4.69) is 9.97 Å². The van der Waals surface area contributed by atoms with Crippen LogP contribution in [0.25, 0.3) is 0 Å². The standard InChI is InChI=1S/C10H18N4O3/c11-2-6-4-13-7(8(3-12)14-6)1-9(16)10(17)5-15/h4,9-10,15-17H,1-3,5,11-12H2. The Morgan fingerprint density at radius 1 is 1.12 bits per heavy atom. The number of hydrogen-bond acceptors (Lipinski definition) is 7. The lowest BCUT2D eigenvalue weighted by atomic mass is 10.1. The zero-order valence-electron chi connectivity index (χ0n) is 9.45. The van der Waals surface area contributed by atoms with E-state index in [1.165, 1.54) is 6.20 Å². The minimum Gasteiger partial charge on any atom is -0.394 e. The van der Waals surface area contributed by atoms with Crippen LogP contribution in [0.15, 0.2) is 6.20 Å². The zero-order chi connectivity index (χ0) is 12.8. The lowest BCUT2D eigenvalue weighted by Gasteiger charge is -2.16. The van der Waals surface area contributed by atoms with Crippen molar-refractivity contribution < 1.29 is 15.3 Å². The molecule has 96 valence electrons. The Balaban J connectivity index is 2.83. The fraction of sp³-hybridized carbons (Fsp3) is 0.600. The maximum absolute atomic E-state index is 9.57. The van der Waals surface area contributed by atoms with Crippen molar-refractivity contribution in [2.45, 2.75) is 31.7 Å². The van der Waals surface area contributed by atoms with Gasteiger partial charge in [0.05, 0.1) is 36.0 Å². The predicted octanol–water partition coefficient (Wildman–Crippen LogP) is -2.35. The van der Waals surface area contributed by atoms with Crippen LogP contribution in [0.3, 0.4) is 0 Å². The van der Waals surface area contributed by atoms with E-state index in [4.69, 9.17) is 16.6 Å². The number of rotatable bonds is 6. The number of hydrogen-bond donors (Lipinski definition) is 5. The van der Waals surface area contributed by atoms with E-state index >= 15 is 0 Å². The first kappa shape index (κ1) is 13.9. The minimum atomic E-state index is -1.20. The summed E-state index contributed by atoms with van der Waals surface area (Å²) < 4.78 is 0. The third kappa shape index (κ3) is 3.69. The molecule has 0 aliphatic rings. The third-order valence-electron chi connectivity index (χ3n) is 2.42. The summed E-state index contributed by atoms with van der Waals surface area (Å²) in [5, 5.41) is 27.5. The average Bonchev–Trinajstić information content (AvgIpc) is 2.37. The second-order valence-corrected chi connectivity index (χ2v) is 3.68. The molecule has 1 aromatic heterocycles. The molecule has 0 amide bonds. The zero-order valence-corrected chi connectivity index (χ0v) is 9.45. The molecule has 17 heavy (non-hydrogen) atoms. The van der Waals surface area contributed by atoms with Gasteiger partial charge in [0, 0.05) is 19.5 Å². The Kier molecular flexibility index (Phi) is 5.39. The molecule has 0 aromatic carbocycles. The van der Waals surface area contributed by atoms with Gasteiger partial charge < -0.3 is 26.8 Å². The van der Waals surface area contributed by atoms with E-state index in [1.54, 1.807) is 0 Å². The van der Waals surface area contributed by atoms with Crippen molar-refractivity contribution in [2.75, 3.05) is 6.61 Å². The molecule has 0 saturated heterocycles. The highest BCUT2D eigenvalue weighted by Gasteiger charge is 2.18. The van der Waals surface area contributed by atoms with Crippen molar-refractivity contribution in [3.63, 3.8) is 0 Å². The maximum atomic E-state index is 9.57. The van der Waals surface area contributed by atoms with Crippen LogP contribution in [0.5, 0.6) is 0 Å². The molecule has 1 heterocycles. The summed E-state index contributed by atoms with van der Waals surface area (Å²) >= 11 is 0. The summed E-state index contributed by atoms with van der Waals surface area (Å²) in [6.07, 6.45) is -0.696. The van der Waals surface area contributed by atoms with Crippen LogP contribution in [0.1, 0.15) is 17.1 Å². The highest BCUT2D eigenvalue weighted by Crippen LogP contribution is 2.08. The smallest absolute Gasteiger partial charge is 0.103 e. The Morgan fingerprint density at radius 2 is 1.82 bits per heavy atom. The number of aromatic nitrogens is 2. The van der Waals surface area contributed by atoms with Crippen molar-refractivity contribution >= 4 is 0 Å². The van der Waals surface area contributed by atoms with Crippen LogP contribution in [0.2, 0.25) is 0 Å². The molecule has 2 atom stereocenters. The maximum Gasteiger partial charge on any atom is 0.103 e. The highest BCUT2D eigenvalue weighted by molar-refractivity contribution is 5.15. The number of aliphatic hydroxyl groups excluding tert-OH is 3. The van der Waals surface area contributed by atoms with E-state index in [0.717, 1.165) is 0 Å². The molecule has 2 unspecified atom stereocenters.